The molecule has 0 aliphatic heterocycles. The Kier molecular flexibility index (Phi) is 7.29. The molecule has 1 atom stereocenters. The zero-order valence-electron chi connectivity index (χ0n) is 15.8. The van der Waals surface area contributed by atoms with Gasteiger partial charge in [0.2, 0.25) is 6.10 Å². The molecule has 0 aliphatic rings. The molecule has 0 aliphatic carbocycles. The molecule has 0 heterocycles. The maximum absolute atomic E-state index is 12.8. The van der Waals surface area contributed by atoms with Crippen LogP contribution in [0.1, 0.15) is 54.8 Å². The van der Waals surface area contributed by atoms with Gasteiger partial charge < -0.3 is 9.47 Å². The lowest BCUT2D eigenvalue weighted by Gasteiger charge is -2.18. The number of rotatable bonds is 7. The third-order valence-corrected chi connectivity index (χ3v) is 3.91. The van der Waals surface area contributed by atoms with Gasteiger partial charge in [-0.25, -0.2) is 9.59 Å². The van der Waals surface area contributed by atoms with Gasteiger partial charge in [0, 0.05) is 12.0 Å². The normalized spacial score (nSPS) is 11.7. The van der Waals surface area contributed by atoms with Crippen molar-refractivity contribution in [2.75, 3.05) is 0 Å². The number of hydrogen-bond donors (Lipinski definition) is 0. The number of carbonyl (C=O) groups is 3. The average molecular weight is 368 g/mol. The van der Waals surface area contributed by atoms with Crippen molar-refractivity contribution in [1.82, 2.24) is 0 Å². The molecule has 27 heavy (non-hydrogen) atoms. The van der Waals surface area contributed by atoms with Crippen LogP contribution in [0.3, 0.4) is 0 Å². The van der Waals surface area contributed by atoms with E-state index in [1.54, 1.807) is 49.4 Å². The quantitative estimate of drug-likeness (QED) is 0.539. The first-order valence-electron chi connectivity index (χ1n) is 9.00. The third-order valence-electron chi connectivity index (χ3n) is 3.91. The Hall–Kier alpha value is -2.95. The molecule has 0 amide bonds. The lowest BCUT2D eigenvalue weighted by atomic mass is 9.98. The molecule has 0 radical (unpaired) electrons. The average Bonchev–Trinajstić information content (AvgIpc) is 2.66. The molecule has 5 heteroatoms. The Morgan fingerprint density at radius 2 is 1.56 bits per heavy atom. The van der Waals surface area contributed by atoms with Crippen LogP contribution in [0.5, 0.6) is 0 Å². The summed E-state index contributed by atoms with van der Waals surface area (Å²) in [7, 11) is 0. The van der Waals surface area contributed by atoms with Crippen molar-refractivity contribution in [2.45, 2.75) is 39.7 Å². The van der Waals surface area contributed by atoms with Crippen molar-refractivity contribution < 1.29 is 23.9 Å². The monoisotopic (exact) mass is 368 g/mol. The van der Waals surface area contributed by atoms with Gasteiger partial charge in [0.15, 0.2) is 0 Å². The molecule has 0 spiro atoms. The van der Waals surface area contributed by atoms with Gasteiger partial charge in [-0.2, -0.15) is 0 Å². The van der Waals surface area contributed by atoms with Crippen LogP contribution >= 0.6 is 0 Å². The Bertz CT molecular complexity index is 795. The largest absolute Gasteiger partial charge is 0.442 e. The van der Waals surface area contributed by atoms with E-state index in [0.29, 0.717) is 23.5 Å². The Morgan fingerprint density at radius 1 is 0.926 bits per heavy atom. The van der Waals surface area contributed by atoms with Gasteiger partial charge in [-0.1, -0.05) is 69.3 Å². The predicted octanol–water partition coefficient (Wildman–Crippen LogP) is 4.26. The van der Waals surface area contributed by atoms with Crippen LogP contribution in [0.25, 0.3) is 0 Å². The smallest absolute Gasteiger partial charge is 0.359 e. The maximum Gasteiger partial charge on any atom is 0.359 e. The molecule has 2 aromatic carbocycles. The van der Waals surface area contributed by atoms with Crippen LogP contribution in [0.15, 0.2) is 54.6 Å². The van der Waals surface area contributed by atoms with Crippen LogP contribution in [0, 0.1) is 5.92 Å². The SMILES string of the molecule is CCC(=O)OC(=O)C(OC(=O)c1ccccc1CC(C)C)c1ccccc1. The summed E-state index contributed by atoms with van der Waals surface area (Å²) < 4.78 is 10.3. The van der Waals surface area contributed by atoms with Crippen molar-refractivity contribution >= 4 is 17.9 Å². The summed E-state index contributed by atoms with van der Waals surface area (Å²) in [5, 5.41) is 0. The molecule has 0 bridgehead atoms. The van der Waals surface area contributed by atoms with E-state index < -0.39 is 24.0 Å². The van der Waals surface area contributed by atoms with Gasteiger partial charge in [-0.05, 0) is 24.0 Å². The van der Waals surface area contributed by atoms with Gasteiger partial charge in [0.1, 0.15) is 0 Å². The van der Waals surface area contributed by atoms with Crippen molar-refractivity contribution in [2.24, 2.45) is 5.92 Å². The molecular formula is C22H24O5. The molecule has 142 valence electrons. The summed E-state index contributed by atoms with van der Waals surface area (Å²) in [6.45, 7) is 5.70. The Balaban J connectivity index is 2.29. The highest BCUT2D eigenvalue weighted by molar-refractivity contribution is 5.94. The second-order valence-electron chi connectivity index (χ2n) is 6.60. The molecule has 2 rings (SSSR count). The Morgan fingerprint density at radius 3 is 2.19 bits per heavy atom. The molecule has 0 aromatic heterocycles. The minimum Gasteiger partial charge on any atom is -0.442 e. The van der Waals surface area contributed by atoms with Crippen LogP contribution in [0.4, 0.5) is 0 Å². The second-order valence-corrected chi connectivity index (χ2v) is 6.60. The number of hydrogen-bond acceptors (Lipinski definition) is 5. The van der Waals surface area contributed by atoms with Crippen molar-refractivity contribution in [3.8, 4) is 0 Å². The number of esters is 3. The van der Waals surface area contributed by atoms with Gasteiger partial charge in [0.05, 0.1) is 5.56 Å². The summed E-state index contributed by atoms with van der Waals surface area (Å²) in [6.07, 6.45) is -0.542. The first-order valence-corrected chi connectivity index (χ1v) is 9.00. The fourth-order valence-electron chi connectivity index (χ4n) is 2.63. The van der Waals surface area contributed by atoms with Crippen molar-refractivity contribution in [3.63, 3.8) is 0 Å². The minimum absolute atomic E-state index is 0.0540. The molecule has 2 aromatic rings. The minimum atomic E-state index is -1.30. The molecule has 0 saturated carbocycles. The zero-order chi connectivity index (χ0) is 19.8. The van der Waals surface area contributed by atoms with Crippen LogP contribution in [-0.2, 0) is 25.5 Å². The first-order chi connectivity index (χ1) is 12.9. The highest BCUT2D eigenvalue weighted by Gasteiger charge is 2.29. The molecule has 0 N–H and O–H groups in total. The van der Waals surface area contributed by atoms with Crippen LogP contribution in [-0.4, -0.2) is 17.9 Å². The van der Waals surface area contributed by atoms with Gasteiger partial charge in [-0.15, -0.1) is 0 Å². The summed E-state index contributed by atoms with van der Waals surface area (Å²) in [4.78, 5) is 36.7. The molecular weight excluding hydrogens is 344 g/mol. The number of ether oxygens (including phenoxy) is 2. The maximum atomic E-state index is 12.8. The second kappa shape index (κ2) is 9.67. The van der Waals surface area contributed by atoms with E-state index in [9.17, 15) is 14.4 Å². The molecule has 1 unspecified atom stereocenters. The lowest BCUT2D eigenvalue weighted by molar-refractivity contribution is -0.166. The van der Waals surface area contributed by atoms with Gasteiger partial charge in [-0.3, -0.25) is 4.79 Å². The topological polar surface area (TPSA) is 69.7 Å². The first kappa shape index (κ1) is 20.4. The van der Waals surface area contributed by atoms with Crippen molar-refractivity contribution in [3.05, 3.63) is 71.3 Å². The van der Waals surface area contributed by atoms with Gasteiger partial charge in [0.25, 0.3) is 0 Å². The summed E-state index contributed by atoms with van der Waals surface area (Å²) in [5.41, 5.74) is 1.70. The Labute approximate surface area is 159 Å². The van der Waals surface area contributed by atoms with Crippen molar-refractivity contribution in [1.29, 1.82) is 0 Å². The number of carbonyl (C=O) groups excluding carboxylic acids is 3. The number of benzene rings is 2. The fourth-order valence-corrected chi connectivity index (χ4v) is 2.63. The standard InChI is InChI=1S/C22H24O5/c1-4-19(23)26-22(25)20(16-10-6-5-7-11-16)27-21(24)18-13-9-8-12-17(18)14-15(2)3/h5-13,15,20H,4,14H2,1-3H3. The molecule has 0 fully saturated rings. The fraction of sp³-hybridized carbons (Fsp3) is 0.318. The van der Waals surface area contributed by atoms with Gasteiger partial charge >= 0.3 is 17.9 Å². The van der Waals surface area contributed by atoms with Crippen LogP contribution < -0.4 is 0 Å². The third kappa shape index (κ3) is 5.78. The summed E-state index contributed by atoms with van der Waals surface area (Å²) >= 11 is 0. The lowest BCUT2D eigenvalue weighted by Crippen LogP contribution is -2.24. The molecule has 0 saturated heterocycles. The molecule has 5 nitrogen and oxygen atoms in total. The highest BCUT2D eigenvalue weighted by atomic mass is 16.6. The van der Waals surface area contributed by atoms with E-state index in [1.807, 2.05) is 12.1 Å². The highest BCUT2D eigenvalue weighted by Crippen LogP contribution is 2.23. The van der Waals surface area contributed by atoms with E-state index in [1.165, 1.54) is 0 Å². The van der Waals surface area contributed by atoms with E-state index >= 15 is 0 Å². The van der Waals surface area contributed by atoms with Crippen LogP contribution in [0.2, 0.25) is 0 Å². The predicted molar refractivity (Wildman–Crippen MR) is 101 cm³/mol. The summed E-state index contributed by atoms with van der Waals surface area (Å²) in [5.74, 6) is -1.84. The van der Waals surface area contributed by atoms with E-state index in [0.717, 1.165) is 5.56 Å². The van der Waals surface area contributed by atoms with E-state index in [4.69, 9.17) is 9.47 Å². The summed E-state index contributed by atoms with van der Waals surface area (Å²) in [6, 6.07) is 15.7. The zero-order valence-corrected chi connectivity index (χ0v) is 15.8. The van der Waals surface area contributed by atoms with E-state index in [2.05, 4.69) is 13.8 Å². The van der Waals surface area contributed by atoms with E-state index in [-0.39, 0.29) is 6.42 Å².